The Kier molecular flexibility index (Phi) is 4.61. The molecule has 4 heterocycles. The zero-order valence-electron chi connectivity index (χ0n) is 15.1. The van der Waals surface area contributed by atoms with Gasteiger partial charge in [0.25, 0.3) is 0 Å². The highest BCUT2D eigenvalue weighted by Gasteiger charge is 2.37. The number of rotatable bonds is 4. The van der Waals surface area contributed by atoms with Crippen LogP contribution in [0.25, 0.3) is 0 Å². The molecule has 2 unspecified atom stereocenters. The van der Waals surface area contributed by atoms with Crippen LogP contribution >= 0.6 is 11.9 Å². The van der Waals surface area contributed by atoms with Gasteiger partial charge in [-0.05, 0) is 30.0 Å². The number of nitrogens with one attached hydrogen (secondary N) is 1. The maximum Gasteiger partial charge on any atom is 0.129 e. The van der Waals surface area contributed by atoms with E-state index < -0.39 is 0 Å². The summed E-state index contributed by atoms with van der Waals surface area (Å²) in [6, 6.07) is 16.6. The first kappa shape index (κ1) is 16.6. The lowest BCUT2D eigenvalue weighted by molar-refractivity contribution is 0.436. The summed E-state index contributed by atoms with van der Waals surface area (Å²) in [5, 5.41) is 3.56. The molecule has 3 aliphatic heterocycles. The number of nitrogens with zero attached hydrogens (tertiary/aromatic N) is 3. The highest BCUT2D eigenvalue weighted by Crippen LogP contribution is 2.33. The van der Waals surface area contributed by atoms with Gasteiger partial charge in [-0.3, -0.25) is 0 Å². The van der Waals surface area contributed by atoms with Gasteiger partial charge in [0.1, 0.15) is 5.82 Å². The average molecular weight is 367 g/mol. The molecule has 26 heavy (non-hydrogen) atoms. The number of piperazine rings is 1. The van der Waals surface area contributed by atoms with Crippen LogP contribution in [0.15, 0.2) is 42.5 Å². The minimum Gasteiger partial charge on any atom is -0.348 e. The van der Waals surface area contributed by atoms with Crippen LogP contribution in [-0.2, 0) is 18.7 Å². The molecule has 136 valence electrons. The summed E-state index contributed by atoms with van der Waals surface area (Å²) in [5.41, 5.74) is 4.12. The zero-order chi connectivity index (χ0) is 17.3. The van der Waals surface area contributed by atoms with Crippen molar-refractivity contribution < 1.29 is 0 Å². The Balaban J connectivity index is 1.26. The maximum atomic E-state index is 5.09. The summed E-state index contributed by atoms with van der Waals surface area (Å²) in [4.78, 5) is 7.68. The number of fused-ring (bicyclic) bond motifs is 3. The fraction of sp³-hybridized carbons (Fsp3) is 0.476. The van der Waals surface area contributed by atoms with Gasteiger partial charge in [-0.25, -0.2) is 9.29 Å². The number of pyridine rings is 1. The van der Waals surface area contributed by atoms with Crippen molar-refractivity contribution in [2.75, 3.05) is 24.5 Å². The van der Waals surface area contributed by atoms with Gasteiger partial charge in [0.2, 0.25) is 0 Å². The molecule has 2 bridgehead atoms. The number of anilines is 1. The lowest BCUT2D eigenvalue weighted by Crippen LogP contribution is -2.52. The predicted octanol–water partition coefficient (Wildman–Crippen LogP) is 3.23. The molecule has 2 aromatic rings. The summed E-state index contributed by atoms with van der Waals surface area (Å²) < 4.78 is 2.49. The second-order valence-corrected chi connectivity index (χ2v) is 8.66. The monoisotopic (exact) mass is 366 g/mol. The van der Waals surface area contributed by atoms with Crippen molar-refractivity contribution in [2.24, 2.45) is 0 Å². The second kappa shape index (κ2) is 7.22. The molecule has 5 heteroatoms. The van der Waals surface area contributed by atoms with E-state index in [1.807, 2.05) is 11.9 Å². The van der Waals surface area contributed by atoms with Crippen LogP contribution in [0.2, 0.25) is 0 Å². The Morgan fingerprint density at radius 2 is 1.85 bits per heavy atom. The first-order valence-electron chi connectivity index (χ1n) is 9.76. The molecule has 0 aliphatic carbocycles. The topological polar surface area (TPSA) is 31.4 Å². The quantitative estimate of drug-likeness (QED) is 0.840. The van der Waals surface area contributed by atoms with Crippen molar-refractivity contribution in [2.45, 2.75) is 43.6 Å². The fourth-order valence-electron chi connectivity index (χ4n) is 4.53. The molecule has 5 rings (SSSR count). The van der Waals surface area contributed by atoms with Gasteiger partial charge in [-0.2, -0.15) is 0 Å². The van der Waals surface area contributed by atoms with E-state index in [2.05, 4.69) is 57.0 Å². The van der Waals surface area contributed by atoms with E-state index in [1.165, 1.54) is 35.5 Å². The molecule has 2 atom stereocenters. The highest BCUT2D eigenvalue weighted by atomic mass is 32.2. The van der Waals surface area contributed by atoms with Crippen LogP contribution in [0.3, 0.4) is 0 Å². The van der Waals surface area contributed by atoms with E-state index >= 15 is 0 Å². The number of hydrogen-bond acceptors (Lipinski definition) is 5. The number of benzene rings is 1. The van der Waals surface area contributed by atoms with Gasteiger partial charge in [0.05, 0.1) is 0 Å². The Bertz CT molecular complexity index is 750. The standard InChI is InChI=1S/C21H26N4S/c1-2-4-16(5-3-1)15-26-24-11-10-20-17(14-24)6-9-21(23-20)25-18-7-8-19(25)13-22-12-18/h1-6,9,18-19,22H,7-8,10-15H2. The van der Waals surface area contributed by atoms with Crippen molar-refractivity contribution in [3.8, 4) is 0 Å². The fourth-order valence-corrected chi connectivity index (χ4v) is 5.50. The van der Waals surface area contributed by atoms with Crippen LogP contribution < -0.4 is 10.2 Å². The molecular weight excluding hydrogens is 340 g/mol. The van der Waals surface area contributed by atoms with Crippen LogP contribution in [0.1, 0.15) is 29.7 Å². The van der Waals surface area contributed by atoms with Gasteiger partial charge in [0.15, 0.2) is 0 Å². The van der Waals surface area contributed by atoms with Crippen molar-refractivity contribution in [1.82, 2.24) is 14.6 Å². The lowest BCUT2D eigenvalue weighted by Gasteiger charge is -2.37. The van der Waals surface area contributed by atoms with E-state index in [1.54, 1.807) is 0 Å². The third-order valence-electron chi connectivity index (χ3n) is 5.90. The molecule has 1 N–H and O–H groups in total. The third kappa shape index (κ3) is 3.24. The number of aromatic nitrogens is 1. The van der Waals surface area contributed by atoms with Crippen LogP contribution in [0, 0.1) is 0 Å². The van der Waals surface area contributed by atoms with E-state index in [0.29, 0.717) is 12.1 Å². The molecule has 3 aliphatic rings. The van der Waals surface area contributed by atoms with Crippen molar-refractivity contribution >= 4 is 17.8 Å². The molecule has 1 aromatic carbocycles. The minimum atomic E-state index is 0.640. The van der Waals surface area contributed by atoms with Gasteiger partial charge in [0, 0.05) is 56.1 Å². The third-order valence-corrected chi connectivity index (χ3v) is 7.04. The molecule has 0 saturated carbocycles. The Morgan fingerprint density at radius 3 is 2.65 bits per heavy atom. The van der Waals surface area contributed by atoms with Gasteiger partial charge in [-0.15, -0.1) is 0 Å². The van der Waals surface area contributed by atoms with Gasteiger partial charge in [-0.1, -0.05) is 48.3 Å². The molecule has 2 saturated heterocycles. The minimum absolute atomic E-state index is 0.640. The van der Waals surface area contributed by atoms with Crippen molar-refractivity contribution in [3.05, 3.63) is 59.3 Å². The normalized spacial score (nSPS) is 25.3. The largest absolute Gasteiger partial charge is 0.348 e. The summed E-state index contributed by atoms with van der Waals surface area (Å²) in [6.45, 7) is 4.32. The van der Waals surface area contributed by atoms with Crippen molar-refractivity contribution in [3.63, 3.8) is 0 Å². The second-order valence-electron chi connectivity index (χ2n) is 7.60. The first-order chi connectivity index (χ1) is 12.9. The van der Waals surface area contributed by atoms with Crippen LogP contribution in [-0.4, -0.2) is 41.0 Å². The Morgan fingerprint density at radius 1 is 1.04 bits per heavy atom. The van der Waals surface area contributed by atoms with E-state index in [4.69, 9.17) is 4.98 Å². The lowest BCUT2D eigenvalue weighted by atomic mass is 10.1. The molecule has 1 aromatic heterocycles. The Hall–Kier alpha value is -1.56. The van der Waals surface area contributed by atoms with E-state index in [-0.39, 0.29) is 0 Å². The molecule has 0 spiro atoms. The maximum absolute atomic E-state index is 5.09. The molecular formula is C21H26N4S. The van der Waals surface area contributed by atoms with Crippen LogP contribution in [0.4, 0.5) is 5.82 Å². The summed E-state index contributed by atoms with van der Waals surface area (Å²) >= 11 is 1.94. The van der Waals surface area contributed by atoms with E-state index in [9.17, 15) is 0 Å². The molecule has 2 fully saturated rings. The van der Waals surface area contributed by atoms with Crippen molar-refractivity contribution in [1.29, 1.82) is 0 Å². The predicted molar refractivity (Wildman–Crippen MR) is 108 cm³/mol. The summed E-state index contributed by atoms with van der Waals surface area (Å²) in [6.07, 6.45) is 3.67. The van der Waals surface area contributed by atoms with E-state index in [0.717, 1.165) is 38.4 Å². The summed E-state index contributed by atoms with van der Waals surface area (Å²) in [5.74, 6) is 2.26. The Labute approximate surface area is 160 Å². The number of hydrogen-bond donors (Lipinski definition) is 1. The van der Waals surface area contributed by atoms with Gasteiger partial charge < -0.3 is 10.2 Å². The SMILES string of the molecule is c1ccc(CSN2CCc3nc(N4C5CCC4CNC5)ccc3C2)cc1. The smallest absolute Gasteiger partial charge is 0.129 e. The molecule has 4 nitrogen and oxygen atoms in total. The summed E-state index contributed by atoms with van der Waals surface area (Å²) in [7, 11) is 0. The van der Waals surface area contributed by atoms with Crippen LogP contribution in [0.5, 0.6) is 0 Å². The average Bonchev–Trinajstić information content (AvgIpc) is 2.95. The molecule has 0 amide bonds. The zero-order valence-corrected chi connectivity index (χ0v) is 15.9. The first-order valence-corrected chi connectivity index (χ1v) is 10.7. The van der Waals surface area contributed by atoms with Gasteiger partial charge >= 0.3 is 0 Å². The molecule has 0 radical (unpaired) electrons. The highest BCUT2D eigenvalue weighted by molar-refractivity contribution is 7.96.